The van der Waals surface area contributed by atoms with Gasteiger partial charge in [0.15, 0.2) is 0 Å². The van der Waals surface area contributed by atoms with Crippen LogP contribution in [-0.4, -0.2) is 26.3 Å². The number of hydrogen-bond acceptors (Lipinski definition) is 3. The van der Waals surface area contributed by atoms with E-state index in [2.05, 4.69) is 29.2 Å². The first kappa shape index (κ1) is 14.0. The van der Waals surface area contributed by atoms with Crippen LogP contribution in [0.5, 0.6) is 11.5 Å². The fourth-order valence-corrected chi connectivity index (χ4v) is 4.63. The highest BCUT2D eigenvalue weighted by molar-refractivity contribution is 5.62. The maximum atomic E-state index is 5.86. The van der Waals surface area contributed by atoms with Gasteiger partial charge in [0.2, 0.25) is 0 Å². The van der Waals surface area contributed by atoms with Crippen molar-refractivity contribution in [1.82, 2.24) is 0 Å². The van der Waals surface area contributed by atoms with Gasteiger partial charge in [-0.05, 0) is 56.1 Å². The van der Waals surface area contributed by atoms with Gasteiger partial charge in [0, 0.05) is 19.2 Å². The van der Waals surface area contributed by atoms with Gasteiger partial charge >= 0.3 is 0 Å². The molecule has 3 nitrogen and oxygen atoms in total. The Kier molecular flexibility index (Phi) is 3.51. The lowest BCUT2D eigenvalue weighted by Crippen LogP contribution is -2.23. The predicted molar refractivity (Wildman–Crippen MR) is 88.7 cm³/mol. The van der Waals surface area contributed by atoms with Gasteiger partial charge < -0.3 is 14.4 Å². The van der Waals surface area contributed by atoms with Crippen molar-refractivity contribution < 1.29 is 9.47 Å². The summed E-state index contributed by atoms with van der Waals surface area (Å²) >= 11 is 0. The third-order valence-corrected chi connectivity index (χ3v) is 5.54. The van der Waals surface area contributed by atoms with Gasteiger partial charge in [0.25, 0.3) is 0 Å². The Morgan fingerprint density at radius 2 is 1.68 bits per heavy atom. The molecule has 4 rings (SSSR count). The smallest absolute Gasteiger partial charge is 0.142 e. The molecule has 3 heteroatoms. The van der Waals surface area contributed by atoms with Crippen LogP contribution in [0, 0.1) is 23.7 Å². The van der Waals surface area contributed by atoms with Crippen molar-refractivity contribution in [3.05, 3.63) is 30.4 Å². The molecule has 0 radical (unpaired) electrons. The van der Waals surface area contributed by atoms with Crippen LogP contribution < -0.4 is 14.4 Å². The molecule has 22 heavy (non-hydrogen) atoms. The van der Waals surface area contributed by atoms with Gasteiger partial charge in [-0.1, -0.05) is 12.2 Å². The first-order valence-corrected chi connectivity index (χ1v) is 8.63. The van der Waals surface area contributed by atoms with Crippen molar-refractivity contribution in [2.75, 3.05) is 31.2 Å². The lowest BCUT2D eigenvalue weighted by Gasteiger charge is -2.24. The first-order valence-electron chi connectivity index (χ1n) is 8.63. The molecule has 0 amide bonds. The molecule has 0 N–H and O–H groups in total. The molecule has 3 aliphatic rings. The third kappa shape index (κ3) is 2.18. The standard InChI is InChI=1S/C19H25NO2/c1-3-21-15-7-8-19(22-4-2)18(10-15)20-11-16-13-5-6-14(9-13)17(16)12-20/h5-8,10,13-14,16-17H,3-4,9,11-12H2,1-2H3. The fourth-order valence-electron chi connectivity index (χ4n) is 4.63. The van der Waals surface area contributed by atoms with Crippen molar-refractivity contribution in [2.45, 2.75) is 20.3 Å². The second-order valence-electron chi connectivity index (χ2n) is 6.68. The molecule has 0 spiro atoms. The van der Waals surface area contributed by atoms with Crippen LogP contribution in [0.4, 0.5) is 5.69 Å². The largest absolute Gasteiger partial charge is 0.494 e. The SMILES string of the molecule is CCOc1ccc(OCC)c(N2CC3C4C=CC(C4)C3C2)c1. The monoisotopic (exact) mass is 299 g/mol. The molecule has 2 aliphatic carbocycles. The third-order valence-electron chi connectivity index (χ3n) is 5.54. The summed E-state index contributed by atoms with van der Waals surface area (Å²) in [5.41, 5.74) is 1.21. The lowest BCUT2D eigenvalue weighted by molar-refractivity contribution is 0.331. The Hall–Kier alpha value is -1.64. The summed E-state index contributed by atoms with van der Waals surface area (Å²) in [6.07, 6.45) is 6.30. The molecule has 118 valence electrons. The normalized spacial score (nSPS) is 31.6. The number of allylic oxidation sites excluding steroid dienone is 2. The van der Waals surface area contributed by atoms with Crippen molar-refractivity contribution in [2.24, 2.45) is 23.7 Å². The molecule has 1 aromatic carbocycles. The molecule has 2 bridgehead atoms. The van der Waals surface area contributed by atoms with Gasteiger partial charge in [-0.15, -0.1) is 0 Å². The number of hydrogen-bond donors (Lipinski definition) is 0. The number of benzene rings is 1. The molecule has 1 aliphatic heterocycles. The van der Waals surface area contributed by atoms with E-state index in [1.54, 1.807) is 0 Å². The van der Waals surface area contributed by atoms with E-state index in [1.165, 1.54) is 12.1 Å². The summed E-state index contributed by atoms with van der Waals surface area (Å²) < 4.78 is 11.6. The van der Waals surface area contributed by atoms with Crippen LogP contribution in [0.1, 0.15) is 20.3 Å². The highest BCUT2D eigenvalue weighted by Gasteiger charge is 2.49. The van der Waals surface area contributed by atoms with E-state index in [1.807, 2.05) is 19.9 Å². The summed E-state index contributed by atoms with van der Waals surface area (Å²) in [6.45, 7) is 7.79. The Morgan fingerprint density at radius 1 is 1.00 bits per heavy atom. The minimum atomic E-state index is 0.701. The maximum absolute atomic E-state index is 5.86. The lowest BCUT2D eigenvalue weighted by atomic mass is 9.86. The molecular formula is C19H25NO2. The van der Waals surface area contributed by atoms with Gasteiger partial charge in [-0.3, -0.25) is 0 Å². The second-order valence-corrected chi connectivity index (χ2v) is 6.68. The molecule has 4 unspecified atom stereocenters. The topological polar surface area (TPSA) is 21.7 Å². The zero-order chi connectivity index (χ0) is 15.1. The number of ether oxygens (including phenoxy) is 2. The second kappa shape index (κ2) is 5.53. The summed E-state index contributed by atoms with van der Waals surface area (Å²) in [5, 5.41) is 0. The summed E-state index contributed by atoms with van der Waals surface area (Å²) in [5.74, 6) is 5.22. The number of nitrogens with zero attached hydrogens (tertiary/aromatic N) is 1. The van der Waals surface area contributed by atoms with Crippen LogP contribution in [-0.2, 0) is 0 Å². The van der Waals surface area contributed by atoms with E-state index >= 15 is 0 Å². The van der Waals surface area contributed by atoms with E-state index in [9.17, 15) is 0 Å². The van der Waals surface area contributed by atoms with E-state index < -0.39 is 0 Å². The van der Waals surface area contributed by atoms with Gasteiger partial charge in [-0.2, -0.15) is 0 Å². The zero-order valence-electron chi connectivity index (χ0n) is 13.5. The summed E-state index contributed by atoms with van der Waals surface area (Å²) in [6, 6.07) is 6.23. The molecular weight excluding hydrogens is 274 g/mol. The van der Waals surface area contributed by atoms with Crippen molar-refractivity contribution in [3.8, 4) is 11.5 Å². The van der Waals surface area contributed by atoms with Crippen LogP contribution in [0.3, 0.4) is 0 Å². The van der Waals surface area contributed by atoms with Crippen molar-refractivity contribution in [3.63, 3.8) is 0 Å². The zero-order valence-corrected chi connectivity index (χ0v) is 13.5. The Bertz CT molecular complexity index is 563. The van der Waals surface area contributed by atoms with Gasteiger partial charge in [-0.25, -0.2) is 0 Å². The maximum Gasteiger partial charge on any atom is 0.142 e. The highest BCUT2D eigenvalue weighted by Crippen LogP contribution is 2.52. The van der Waals surface area contributed by atoms with Crippen molar-refractivity contribution >= 4 is 5.69 Å². The number of anilines is 1. The predicted octanol–water partition coefficient (Wildman–Crippen LogP) is 3.74. The molecule has 0 aromatic heterocycles. The van der Waals surface area contributed by atoms with Crippen LogP contribution in [0.25, 0.3) is 0 Å². The van der Waals surface area contributed by atoms with Crippen LogP contribution in [0.15, 0.2) is 30.4 Å². The van der Waals surface area contributed by atoms with Crippen LogP contribution in [0.2, 0.25) is 0 Å². The van der Waals surface area contributed by atoms with Gasteiger partial charge in [0.05, 0.1) is 18.9 Å². The van der Waals surface area contributed by atoms with Crippen LogP contribution >= 0.6 is 0 Å². The number of rotatable bonds is 5. The Balaban J connectivity index is 1.60. The highest BCUT2D eigenvalue weighted by atomic mass is 16.5. The number of fused-ring (bicyclic) bond motifs is 5. The molecule has 1 saturated heterocycles. The first-order chi connectivity index (χ1) is 10.8. The van der Waals surface area contributed by atoms with E-state index in [-0.39, 0.29) is 0 Å². The summed E-state index contributed by atoms with van der Waals surface area (Å²) in [4.78, 5) is 2.52. The average molecular weight is 299 g/mol. The average Bonchev–Trinajstić information content (AvgIpc) is 3.22. The molecule has 1 saturated carbocycles. The minimum Gasteiger partial charge on any atom is -0.494 e. The quantitative estimate of drug-likeness (QED) is 0.773. The molecule has 4 atom stereocenters. The Labute approximate surface area is 132 Å². The fraction of sp³-hybridized carbons (Fsp3) is 0.579. The van der Waals surface area contributed by atoms with Crippen molar-refractivity contribution in [1.29, 1.82) is 0 Å². The van der Waals surface area contributed by atoms with E-state index in [0.717, 1.165) is 48.3 Å². The molecule has 2 fully saturated rings. The molecule has 1 heterocycles. The Morgan fingerprint density at radius 3 is 2.32 bits per heavy atom. The van der Waals surface area contributed by atoms with E-state index in [4.69, 9.17) is 9.47 Å². The van der Waals surface area contributed by atoms with Gasteiger partial charge in [0.1, 0.15) is 11.5 Å². The minimum absolute atomic E-state index is 0.701. The molecule has 1 aromatic rings. The van der Waals surface area contributed by atoms with E-state index in [0.29, 0.717) is 13.2 Å². The summed E-state index contributed by atoms with van der Waals surface area (Å²) in [7, 11) is 0.